The number of ether oxygens (including phenoxy) is 1. The molecule has 0 amide bonds. The molecule has 1 heterocycles. The van der Waals surface area contributed by atoms with Gasteiger partial charge in [0.15, 0.2) is 5.78 Å². The lowest BCUT2D eigenvalue weighted by Crippen LogP contribution is -2.13. The molecule has 0 spiro atoms. The van der Waals surface area contributed by atoms with Gasteiger partial charge in [-0.3, -0.25) is 14.9 Å². The molecule has 0 fully saturated rings. The first-order valence-electron chi connectivity index (χ1n) is 7.03. The number of ketones is 1. The predicted molar refractivity (Wildman–Crippen MR) is 87.1 cm³/mol. The molecule has 0 unspecified atom stereocenters. The molecule has 0 aromatic heterocycles. The van der Waals surface area contributed by atoms with Crippen molar-refractivity contribution in [3.8, 4) is 5.75 Å². The van der Waals surface area contributed by atoms with E-state index in [1.807, 2.05) is 30.3 Å². The van der Waals surface area contributed by atoms with Crippen LogP contribution in [0.15, 0.2) is 60.2 Å². The Kier molecular flexibility index (Phi) is 4.01. The van der Waals surface area contributed by atoms with E-state index in [-0.39, 0.29) is 18.1 Å². The van der Waals surface area contributed by atoms with Gasteiger partial charge in [-0.25, -0.2) is 0 Å². The van der Waals surface area contributed by atoms with Crippen LogP contribution in [-0.4, -0.2) is 17.3 Å². The monoisotopic (exact) mass is 307 g/mol. The fourth-order valence-electron chi connectivity index (χ4n) is 2.24. The van der Waals surface area contributed by atoms with Gasteiger partial charge in [0.25, 0.3) is 5.69 Å². The molecule has 1 aliphatic rings. The number of allylic oxidation sites excluding steroid dienone is 1. The van der Waals surface area contributed by atoms with Crippen molar-refractivity contribution in [3.05, 3.63) is 81.4 Å². The van der Waals surface area contributed by atoms with E-state index in [9.17, 15) is 14.9 Å². The number of nitro groups is 1. The summed E-state index contributed by atoms with van der Waals surface area (Å²) in [6, 6.07) is 13.5. The van der Waals surface area contributed by atoms with Crippen LogP contribution in [0.1, 0.15) is 11.1 Å². The highest BCUT2D eigenvalue weighted by atomic mass is 16.6. The third-order valence-corrected chi connectivity index (χ3v) is 3.48. The summed E-state index contributed by atoms with van der Waals surface area (Å²) in [5.74, 6) is 0.626. The molecule has 3 rings (SSSR count). The van der Waals surface area contributed by atoms with Crippen molar-refractivity contribution < 1.29 is 14.5 Å². The van der Waals surface area contributed by atoms with Gasteiger partial charge >= 0.3 is 0 Å². The van der Waals surface area contributed by atoms with Crippen LogP contribution in [-0.2, 0) is 4.79 Å². The molecule has 0 atom stereocenters. The second-order valence-electron chi connectivity index (χ2n) is 5.04. The van der Waals surface area contributed by atoms with Crippen molar-refractivity contribution in [3.63, 3.8) is 0 Å². The van der Waals surface area contributed by atoms with Crippen LogP contribution < -0.4 is 4.74 Å². The molecule has 0 N–H and O–H groups in total. The summed E-state index contributed by atoms with van der Waals surface area (Å²) < 4.78 is 5.55. The standard InChI is InChI=1S/C18H13NO4/c20-17(10-7-13-5-8-16(9-6-13)19(21)22)15-11-14-3-1-2-4-18(14)23-12-15/h1-11H,12H2/b10-7+. The zero-order chi connectivity index (χ0) is 16.2. The fourth-order valence-corrected chi connectivity index (χ4v) is 2.24. The molecule has 2 aromatic rings. The van der Waals surface area contributed by atoms with Crippen LogP contribution in [0.5, 0.6) is 5.75 Å². The Morgan fingerprint density at radius 3 is 2.61 bits per heavy atom. The van der Waals surface area contributed by atoms with E-state index < -0.39 is 4.92 Å². The third-order valence-electron chi connectivity index (χ3n) is 3.48. The molecule has 5 heteroatoms. The Balaban J connectivity index is 1.74. The average Bonchev–Trinajstić information content (AvgIpc) is 2.59. The predicted octanol–water partition coefficient (Wildman–Crippen LogP) is 3.65. The number of fused-ring (bicyclic) bond motifs is 1. The molecule has 5 nitrogen and oxygen atoms in total. The Morgan fingerprint density at radius 2 is 1.87 bits per heavy atom. The molecule has 0 bridgehead atoms. The largest absolute Gasteiger partial charge is 0.488 e. The van der Waals surface area contributed by atoms with Crippen molar-refractivity contribution in [1.82, 2.24) is 0 Å². The Bertz CT molecular complexity index is 819. The van der Waals surface area contributed by atoms with Gasteiger partial charge in [-0.05, 0) is 35.9 Å². The summed E-state index contributed by atoms with van der Waals surface area (Å²) in [7, 11) is 0. The van der Waals surface area contributed by atoms with E-state index in [2.05, 4.69) is 0 Å². The average molecular weight is 307 g/mol. The van der Waals surface area contributed by atoms with Crippen molar-refractivity contribution in [2.45, 2.75) is 0 Å². The van der Waals surface area contributed by atoms with Crippen LogP contribution in [0.25, 0.3) is 12.2 Å². The van der Waals surface area contributed by atoms with E-state index in [1.54, 1.807) is 18.2 Å². The maximum Gasteiger partial charge on any atom is 0.269 e. The van der Waals surface area contributed by atoms with E-state index in [0.717, 1.165) is 16.9 Å². The van der Waals surface area contributed by atoms with Gasteiger partial charge in [-0.2, -0.15) is 0 Å². The summed E-state index contributed by atoms with van der Waals surface area (Å²) in [4.78, 5) is 22.4. The molecule has 0 saturated heterocycles. The van der Waals surface area contributed by atoms with Gasteiger partial charge in [0.05, 0.1) is 4.92 Å². The van der Waals surface area contributed by atoms with E-state index >= 15 is 0 Å². The molecule has 23 heavy (non-hydrogen) atoms. The topological polar surface area (TPSA) is 69.4 Å². The van der Waals surface area contributed by atoms with Crippen molar-refractivity contribution in [2.24, 2.45) is 0 Å². The normalized spacial score (nSPS) is 13.1. The van der Waals surface area contributed by atoms with Gasteiger partial charge in [-0.15, -0.1) is 0 Å². The van der Waals surface area contributed by atoms with Crippen molar-refractivity contribution in [1.29, 1.82) is 0 Å². The van der Waals surface area contributed by atoms with Crippen LogP contribution >= 0.6 is 0 Å². The molecule has 1 aliphatic heterocycles. The maximum atomic E-state index is 12.2. The van der Waals surface area contributed by atoms with Gasteiger partial charge < -0.3 is 4.74 Å². The number of non-ortho nitro benzene ring substituents is 1. The Labute approximate surface area is 132 Å². The van der Waals surface area contributed by atoms with Crippen LogP contribution in [0.2, 0.25) is 0 Å². The number of nitro benzene ring substituents is 1. The number of benzene rings is 2. The van der Waals surface area contributed by atoms with Gasteiger partial charge in [0, 0.05) is 23.3 Å². The third kappa shape index (κ3) is 3.35. The zero-order valence-electron chi connectivity index (χ0n) is 12.1. The van der Waals surface area contributed by atoms with E-state index in [4.69, 9.17) is 4.74 Å². The molecule has 114 valence electrons. The number of hydrogen-bond donors (Lipinski definition) is 0. The molecular weight excluding hydrogens is 294 g/mol. The molecule has 0 saturated carbocycles. The fraction of sp³-hybridized carbons (Fsp3) is 0.0556. The summed E-state index contributed by atoms with van der Waals surface area (Å²) in [5.41, 5.74) is 2.20. The Morgan fingerprint density at radius 1 is 1.13 bits per heavy atom. The lowest BCUT2D eigenvalue weighted by atomic mass is 10.0. The summed E-state index contributed by atoms with van der Waals surface area (Å²) >= 11 is 0. The Hall–Kier alpha value is -3.21. The number of carbonyl (C=O) groups is 1. The van der Waals surface area contributed by atoms with Crippen LogP contribution in [0.4, 0.5) is 5.69 Å². The highest BCUT2D eigenvalue weighted by molar-refractivity contribution is 6.09. The number of hydrogen-bond acceptors (Lipinski definition) is 4. The number of rotatable bonds is 4. The lowest BCUT2D eigenvalue weighted by Gasteiger charge is -2.15. The van der Waals surface area contributed by atoms with Crippen LogP contribution in [0, 0.1) is 10.1 Å². The summed E-state index contributed by atoms with van der Waals surface area (Å²) in [5, 5.41) is 10.6. The van der Waals surface area contributed by atoms with Crippen molar-refractivity contribution in [2.75, 3.05) is 6.61 Å². The number of carbonyl (C=O) groups excluding carboxylic acids is 1. The number of nitrogens with zero attached hydrogens (tertiary/aromatic N) is 1. The second kappa shape index (κ2) is 6.27. The summed E-state index contributed by atoms with van der Waals surface area (Å²) in [6.07, 6.45) is 4.90. The first kappa shape index (κ1) is 14.7. The molecule has 0 aliphatic carbocycles. The maximum absolute atomic E-state index is 12.2. The SMILES string of the molecule is O=C(/C=C/c1ccc([N+](=O)[O-])cc1)C1=Cc2ccccc2OC1. The minimum Gasteiger partial charge on any atom is -0.488 e. The first-order chi connectivity index (χ1) is 11.1. The smallest absolute Gasteiger partial charge is 0.269 e. The quantitative estimate of drug-likeness (QED) is 0.491. The summed E-state index contributed by atoms with van der Waals surface area (Å²) in [6.45, 7) is 0.237. The van der Waals surface area contributed by atoms with E-state index in [1.165, 1.54) is 18.2 Å². The first-order valence-corrected chi connectivity index (χ1v) is 7.03. The highest BCUT2D eigenvalue weighted by Gasteiger charge is 2.14. The minimum absolute atomic E-state index is 0.0217. The molecular formula is C18H13NO4. The van der Waals surface area contributed by atoms with Gasteiger partial charge in [0.1, 0.15) is 12.4 Å². The van der Waals surface area contributed by atoms with Gasteiger partial charge in [-0.1, -0.05) is 24.3 Å². The zero-order valence-corrected chi connectivity index (χ0v) is 12.1. The highest BCUT2D eigenvalue weighted by Crippen LogP contribution is 2.26. The molecule has 2 aromatic carbocycles. The van der Waals surface area contributed by atoms with Gasteiger partial charge in [0.2, 0.25) is 0 Å². The lowest BCUT2D eigenvalue weighted by molar-refractivity contribution is -0.384. The van der Waals surface area contributed by atoms with Crippen LogP contribution in [0.3, 0.4) is 0 Å². The van der Waals surface area contributed by atoms with E-state index in [0.29, 0.717) is 5.57 Å². The minimum atomic E-state index is -0.458. The molecule has 0 radical (unpaired) electrons. The second-order valence-corrected chi connectivity index (χ2v) is 5.04. The number of para-hydroxylation sites is 1. The van der Waals surface area contributed by atoms with Crippen molar-refractivity contribution >= 4 is 23.6 Å².